The number of hydrogen-bond acceptors (Lipinski definition) is 4. The second-order valence-corrected chi connectivity index (χ2v) is 6.30. The summed E-state index contributed by atoms with van der Waals surface area (Å²) in [6, 6.07) is 14.5. The molecular weight excluding hydrogens is 344 g/mol. The maximum atomic E-state index is 12.7. The van der Waals surface area contributed by atoms with Gasteiger partial charge >= 0.3 is 0 Å². The minimum Gasteiger partial charge on any atom is -0.482 e. The van der Waals surface area contributed by atoms with Crippen molar-refractivity contribution in [2.24, 2.45) is 0 Å². The molecule has 0 atom stereocenters. The van der Waals surface area contributed by atoms with Crippen LogP contribution < -0.4 is 14.5 Å². The van der Waals surface area contributed by atoms with Gasteiger partial charge in [0, 0.05) is 30.8 Å². The fourth-order valence-electron chi connectivity index (χ4n) is 3.12. The van der Waals surface area contributed by atoms with Gasteiger partial charge in [-0.1, -0.05) is 18.2 Å². The molecule has 0 saturated carbocycles. The van der Waals surface area contributed by atoms with Gasteiger partial charge in [0.15, 0.2) is 12.4 Å². The summed E-state index contributed by atoms with van der Waals surface area (Å²) < 4.78 is 5.45. The zero-order chi connectivity index (χ0) is 19.4. The predicted molar refractivity (Wildman–Crippen MR) is 103 cm³/mol. The van der Waals surface area contributed by atoms with Crippen molar-refractivity contribution in [3.8, 4) is 5.75 Å². The van der Waals surface area contributed by atoms with Crippen LogP contribution in [0.15, 0.2) is 48.5 Å². The summed E-state index contributed by atoms with van der Waals surface area (Å²) in [4.78, 5) is 40.0. The van der Waals surface area contributed by atoms with E-state index in [1.165, 1.54) is 11.8 Å². The Morgan fingerprint density at radius 1 is 1.15 bits per heavy atom. The molecule has 0 N–H and O–H groups in total. The van der Waals surface area contributed by atoms with Crippen LogP contribution in [0.2, 0.25) is 0 Å². The molecule has 1 aliphatic heterocycles. The van der Waals surface area contributed by atoms with E-state index >= 15 is 0 Å². The molecule has 1 heterocycles. The van der Waals surface area contributed by atoms with Gasteiger partial charge in [-0.15, -0.1) is 0 Å². The Labute approximate surface area is 158 Å². The second kappa shape index (κ2) is 8.03. The summed E-state index contributed by atoms with van der Waals surface area (Å²) in [7, 11) is 0. The molecule has 3 rings (SSSR count). The quantitative estimate of drug-likeness (QED) is 0.737. The van der Waals surface area contributed by atoms with Crippen LogP contribution in [0.4, 0.5) is 11.4 Å². The van der Waals surface area contributed by atoms with Gasteiger partial charge in [-0.05, 0) is 44.2 Å². The molecular formula is C21H22N2O4. The molecule has 2 amide bonds. The third-order valence-electron chi connectivity index (χ3n) is 4.54. The SMILES string of the molecule is CCN(C(=O)CCN1C(=O)COc2ccc(C(C)=O)cc21)c1ccccc1. The number of anilines is 2. The van der Waals surface area contributed by atoms with Crippen molar-refractivity contribution < 1.29 is 19.1 Å². The Balaban J connectivity index is 1.77. The monoisotopic (exact) mass is 366 g/mol. The lowest BCUT2D eigenvalue weighted by molar-refractivity contribution is -0.121. The Hall–Kier alpha value is -3.15. The largest absolute Gasteiger partial charge is 0.482 e. The molecule has 6 heteroatoms. The summed E-state index contributed by atoms with van der Waals surface area (Å²) in [5, 5.41) is 0. The third kappa shape index (κ3) is 4.00. The van der Waals surface area contributed by atoms with Crippen LogP contribution in [0.3, 0.4) is 0 Å². The molecule has 0 saturated heterocycles. The molecule has 0 aliphatic carbocycles. The molecule has 6 nitrogen and oxygen atoms in total. The summed E-state index contributed by atoms with van der Waals surface area (Å²) >= 11 is 0. The van der Waals surface area contributed by atoms with Crippen molar-refractivity contribution in [3.05, 3.63) is 54.1 Å². The number of fused-ring (bicyclic) bond motifs is 1. The van der Waals surface area contributed by atoms with Crippen LogP contribution in [0.5, 0.6) is 5.75 Å². The van der Waals surface area contributed by atoms with E-state index in [2.05, 4.69) is 0 Å². The molecule has 0 bridgehead atoms. The van der Waals surface area contributed by atoms with Crippen LogP contribution in [-0.2, 0) is 9.59 Å². The summed E-state index contributed by atoms with van der Waals surface area (Å²) in [5.74, 6) is 0.168. The topological polar surface area (TPSA) is 66.9 Å². The molecule has 27 heavy (non-hydrogen) atoms. The average molecular weight is 366 g/mol. The molecule has 140 valence electrons. The van der Waals surface area contributed by atoms with E-state index in [4.69, 9.17) is 4.74 Å². The number of Topliss-reactive ketones (excluding diaryl/α,β-unsaturated/α-hetero) is 1. The Morgan fingerprint density at radius 3 is 2.56 bits per heavy atom. The Kier molecular flexibility index (Phi) is 5.54. The molecule has 2 aromatic carbocycles. The maximum Gasteiger partial charge on any atom is 0.265 e. The highest BCUT2D eigenvalue weighted by Gasteiger charge is 2.27. The number of carbonyl (C=O) groups excluding carboxylic acids is 3. The Morgan fingerprint density at radius 2 is 1.89 bits per heavy atom. The van der Waals surface area contributed by atoms with Gasteiger partial charge in [-0.2, -0.15) is 0 Å². The summed E-state index contributed by atoms with van der Waals surface area (Å²) in [6.45, 7) is 4.10. The number of ether oxygens (including phenoxy) is 1. The number of ketones is 1. The van der Waals surface area contributed by atoms with Gasteiger partial charge in [0.1, 0.15) is 5.75 Å². The number of carbonyl (C=O) groups is 3. The predicted octanol–water partition coefficient (Wildman–Crippen LogP) is 3.06. The molecule has 0 fully saturated rings. The summed E-state index contributed by atoms with van der Waals surface area (Å²) in [6.07, 6.45) is 0.179. The van der Waals surface area contributed by atoms with E-state index in [0.717, 1.165) is 5.69 Å². The first kappa shape index (κ1) is 18.6. The normalized spacial score (nSPS) is 13.0. The number of nitrogens with zero attached hydrogens (tertiary/aromatic N) is 2. The highest BCUT2D eigenvalue weighted by Crippen LogP contribution is 2.33. The van der Waals surface area contributed by atoms with E-state index < -0.39 is 0 Å². The van der Waals surface area contributed by atoms with Crippen LogP contribution in [-0.4, -0.2) is 37.3 Å². The van der Waals surface area contributed by atoms with E-state index in [1.807, 2.05) is 37.3 Å². The van der Waals surface area contributed by atoms with Gasteiger partial charge in [0.05, 0.1) is 5.69 Å². The van der Waals surface area contributed by atoms with Crippen molar-refractivity contribution in [2.75, 3.05) is 29.5 Å². The van der Waals surface area contributed by atoms with E-state index in [-0.39, 0.29) is 37.2 Å². The first-order valence-corrected chi connectivity index (χ1v) is 8.94. The van der Waals surface area contributed by atoms with Gasteiger partial charge in [0.25, 0.3) is 5.91 Å². The minimum atomic E-state index is -0.223. The zero-order valence-corrected chi connectivity index (χ0v) is 15.5. The third-order valence-corrected chi connectivity index (χ3v) is 4.54. The van der Waals surface area contributed by atoms with Crippen LogP contribution >= 0.6 is 0 Å². The lowest BCUT2D eigenvalue weighted by Gasteiger charge is -2.30. The van der Waals surface area contributed by atoms with Crippen molar-refractivity contribution >= 4 is 29.0 Å². The fraction of sp³-hybridized carbons (Fsp3) is 0.286. The molecule has 2 aromatic rings. The standard InChI is InChI=1S/C21H22N2O4/c1-3-22(17-7-5-4-6-8-17)20(25)11-12-23-18-13-16(15(2)24)9-10-19(18)27-14-21(23)26/h4-10,13H,3,11-12,14H2,1-2H3. The maximum absolute atomic E-state index is 12.7. The van der Waals surface area contributed by atoms with Gasteiger partial charge in [-0.25, -0.2) is 0 Å². The van der Waals surface area contributed by atoms with Crippen LogP contribution in [0.25, 0.3) is 0 Å². The second-order valence-electron chi connectivity index (χ2n) is 6.30. The van der Waals surface area contributed by atoms with E-state index in [1.54, 1.807) is 23.1 Å². The molecule has 0 spiro atoms. The number of benzene rings is 2. The molecule has 0 aromatic heterocycles. The highest BCUT2D eigenvalue weighted by atomic mass is 16.5. The van der Waals surface area contributed by atoms with Crippen LogP contribution in [0, 0.1) is 0 Å². The van der Waals surface area contributed by atoms with Gasteiger partial charge < -0.3 is 14.5 Å². The van der Waals surface area contributed by atoms with Gasteiger partial charge in [-0.3, -0.25) is 14.4 Å². The smallest absolute Gasteiger partial charge is 0.265 e. The molecule has 0 radical (unpaired) electrons. The van der Waals surface area contributed by atoms with E-state index in [9.17, 15) is 14.4 Å². The van der Waals surface area contributed by atoms with Crippen molar-refractivity contribution in [2.45, 2.75) is 20.3 Å². The lowest BCUT2D eigenvalue weighted by atomic mass is 10.1. The first-order valence-electron chi connectivity index (χ1n) is 8.94. The fourth-order valence-corrected chi connectivity index (χ4v) is 3.12. The highest BCUT2D eigenvalue weighted by molar-refractivity contribution is 6.02. The summed E-state index contributed by atoms with van der Waals surface area (Å²) in [5.41, 5.74) is 1.87. The molecule has 0 unspecified atom stereocenters. The van der Waals surface area contributed by atoms with Crippen molar-refractivity contribution in [1.82, 2.24) is 0 Å². The average Bonchev–Trinajstić information content (AvgIpc) is 2.68. The zero-order valence-electron chi connectivity index (χ0n) is 15.5. The molecule has 1 aliphatic rings. The van der Waals surface area contributed by atoms with E-state index in [0.29, 0.717) is 23.5 Å². The first-order chi connectivity index (χ1) is 13.0. The van der Waals surface area contributed by atoms with Crippen molar-refractivity contribution in [1.29, 1.82) is 0 Å². The number of rotatable bonds is 6. The van der Waals surface area contributed by atoms with Crippen LogP contribution in [0.1, 0.15) is 30.6 Å². The Bertz CT molecular complexity index is 864. The van der Waals surface area contributed by atoms with Crippen molar-refractivity contribution in [3.63, 3.8) is 0 Å². The number of amides is 2. The minimum absolute atomic E-state index is 0.0627. The van der Waals surface area contributed by atoms with Gasteiger partial charge in [0.2, 0.25) is 5.91 Å². The number of hydrogen-bond donors (Lipinski definition) is 0. The lowest BCUT2D eigenvalue weighted by Crippen LogP contribution is -2.42. The number of para-hydroxylation sites is 1.